The van der Waals surface area contributed by atoms with Crippen LogP contribution >= 0.6 is 0 Å². The highest BCUT2D eigenvalue weighted by atomic mass is 19.4. The van der Waals surface area contributed by atoms with Crippen molar-refractivity contribution in [1.29, 1.82) is 0 Å². The minimum Gasteiger partial charge on any atom is -0.487 e. The number of fused-ring (bicyclic) bond motifs is 1. The smallest absolute Gasteiger partial charge is 0.487 e. The van der Waals surface area contributed by atoms with Gasteiger partial charge in [0.05, 0.1) is 24.5 Å². The number of carbonyl (C=O) groups is 2. The summed E-state index contributed by atoms with van der Waals surface area (Å²) in [5.74, 6) is -3.68. The predicted molar refractivity (Wildman–Crippen MR) is 138 cm³/mol. The summed E-state index contributed by atoms with van der Waals surface area (Å²) < 4.78 is 95.6. The van der Waals surface area contributed by atoms with Crippen molar-refractivity contribution < 1.29 is 54.9 Å². The van der Waals surface area contributed by atoms with Crippen LogP contribution in [0.1, 0.15) is 31.2 Å². The maximum Gasteiger partial charge on any atom is 0.490 e. The number of nitrogens with zero attached hydrogens (tertiary/aromatic N) is 4. The molecule has 1 amide bonds. The predicted octanol–water partition coefficient (Wildman–Crippen LogP) is 4.03. The molecule has 17 heteroatoms. The zero-order valence-corrected chi connectivity index (χ0v) is 23.1. The first-order valence-electron chi connectivity index (χ1n) is 13.1. The van der Waals surface area contributed by atoms with Crippen molar-refractivity contribution in [2.45, 2.75) is 57.5 Å². The highest BCUT2D eigenvalue weighted by Crippen LogP contribution is 2.30. The lowest BCUT2D eigenvalue weighted by atomic mass is 10.1. The molecule has 1 fully saturated rings. The van der Waals surface area contributed by atoms with Gasteiger partial charge in [-0.2, -0.15) is 13.2 Å². The maximum absolute atomic E-state index is 14.0. The van der Waals surface area contributed by atoms with E-state index in [1.807, 2.05) is 4.90 Å². The van der Waals surface area contributed by atoms with E-state index in [2.05, 4.69) is 10.3 Å². The second-order valence-corrected chi connectivity index (χ2v) is 9.63. The van der Waals surface area contributed by atoms with E-state index in [1.165, 1.54) is 13.2 Å². The van der Waals surface area contributed by atoms with Crippen LogP contribution in [-0.2, 0) is 27.3 Å². The SMILES string of the molecule is CO[C@H](C)C(=O)N1CCc2nc(NCC(F)F)c(N3CCC(Oc4ccc(F)cc4F)CC3)nc2C1.O=C(O)C(F)(F)F. The fraction of sp³-hybridized carbons (Fsp3) is 0.538. The number of hydrogen-bond donors (Lipinski definition) is 2. The molecule has 10 nitrogen and oxygen atoms in total. The molecule has 1 saturated heterocycles. The molecule has 0 bridgehead atoms. The number of hydrogen-bond acceptors (Lipinski definition) is 8. The van der Waals surface area contributed by atoms with E-state index in [-0.39, 0.29) is 30.1 Å². The highest BCUT2D eigenvalue weighted by molar-refractivity contribution is 5.80. The van der Waals surface area contributed by atoms with Crippen molar-refractivity contribution in [3.05, 3.63) is 41.2 Å². The molecule has 2 aromatic rings. The van der Waals surface area contributed by atoms with Crippen molar-refractivity contribution in [1.82, 2.24) is 14.9 Å². The Hall–Kier alpha value is -3.89. The highest BCUT2D eigenvalue weighted by Gasteiger charge is 2.38. The van der Waals surface area contributed by atoms with Crippen LogP contribution in [0, 0.1) is 11.6 Å². The fourth-order valence-corrected chi connectivity index (χ4v) is 4.32. The topological polar surface area (TPSA) is 117 Å². The van der Waals surface area contributed by atoms with Crippen molar-refractivity contribution in [3.8, 4) is 5.75 Å². The number of carboxylic acids is 1. The number of amides is 1. The minimum atomic E-state index is -5.08. The van der Waals surface area contributed by atoms with E-state index in [0.29, 0.717) is 56.1 Å². The molecule has 0 saturated carbocycles. The second kappa shape index (κ2) is 14.5. The first kappa shape index (κ1) is 33.6. The molecule has 3 heterocycles. The standard InChI is InChI=1S/C24H29F4N5O3.C2HF3O2/c1-14(35-2)24(34)33-10-7-18-19(13-33)31-23(22(30-18)29-12-21(27)28)32-8-5-16(6-9-32)36-20-4-3-15(25)11-17(20)26;3-2(4,5)1(6)7/h3-4,11,14,16,21H,5-10,12-13H2,1-2H3,(H,29,30);(H,6,7)/t14-;/m1./s1. The van der Waals surface area contributed by atoms with Gasteiger partial charge in [0.15, 0.2) is 23.2 Å². The number of aromatic nitrogens is 2. The molecule has 1 atom stereocenters. The molecular weight excluding hydrogens is 595 g/mol. The summed E-state index contributed by atoms with van der Waals surface area (Å²) in [6.45, 7) is 2.72. The third kappa shape index (κ3) is 9.30. The van der Waals surface area contributed by atoms with E-state index in [0.717, 1.165) is 12.1 Å². The molecule has 2 N–H and O–H groups in total. The molecule has 4 rings (SSSR count). The maximum atomic E-state index is 14.0. The van der Waals surface area contributed by atoms with Crippen LogP contribution in [0.5, 0.6) is 5.75 Å². The molecule has 1 aromatic heterocycles. The van der Waals surface area contributed by atoms with Gasteiger partial charge in [-0.15, -0.1) is 0 Å². The number of halogens is 7. The van der Waals surface area contributed by atoms with Gasteiger partial charge in [-0.3, -0.25) is 4.79 Å². The van der Waals surface area contributed by atoms with Crippen molar-refractivity contribution in [2.24, 2.45) is 0 Å². The van der Waals surface area contributed by atoms with Gasteiger partial charge in [0, 0.05) is 52.1 Å². The van der Waals surface area contributed by atoms with Crippen molar-refractivity contribution >= 4 is 23.5 Å². The average Bonchev–Trinajstić information content (AvgIpc) is 2.96. The third-order valence-electron chi connectivity index (χ3n) is 6.60. The normalized spacial score (nSPS) is 16.2. The largest absolute Gasteiger partial charge is 0.490 e. The Balaban J connectivity index is 0.000000646. The van der Waals surface area contributed by atoms with E-state index < -0.39 is 42.9 Å². The van der Waals surface area contributed by atoms with Crippen LogP contribution in [0.2, 0.25) is 0 Å². The van der Waals surface area contributed by atoms with Crippen LogP contribution in [0.25, 0.3) is 0 Å². The molecule has 238 valence electrons. The number of carboxylic acid groups (broad SMARTS) is 1. The van der Waals surface area contributed by atoms with E-state index in [9.17, 15) is 35.5 Å². The van der Waals surface area contributed by atoms with Gasteiger partial charge in [-0.1, -0.05) is 0 Å². The summed E-state index contributed by atoms with van der Waals surface area (Å²) in [7, 11) is 1.47. The summed E-state index contributed by atoms with van der Waals surface area (Å²) in [4.78, 5) is 34.4. The lowest BCUT2D eigenvalue weighted by molar-refractivity contribution is -0.192. The Bertz CT molecular complexity index is 1280. The van der Waals surface area contributed by atoms with Gasteiger partial charge in [-0.05, 0) is 19.1 Å². The molecule has 0 aliphatic carbocycles. The van der Waals surface area contributed by atoms with Crippen LogP contribution < -0.4 is 15.0 Å². The summed E-state index contributed by atoms with van der Waals surface area (Å²) in [6, 6.07) is 3.17. The van der Waals surface area contributed by atoms with Crippen LogP contribution in [-0.4, -0.2) is 89.9 Å². The second-order valence-electron chi connectivity index (χ2n) is 9.63. The van der Waals surface area contributed by atoms with E-state index in [1.54, 1.807) is 11.8 Å². The number of piperidine rings is 1. The van der Waals surface area contributed by atoms with Gasteiger partial charge in [-0.25, -0.2) is 32.3 Å². The number of carbonyl (C=O) groups excluding carboxylic acids is 1. The number of benzene rings is 1. The number of anilines is 2. The minimum absolute atomic E-state index is 0.0160. The van der Waals surface area contributed by atoms with Crippen molar-refractivity contribution in [2.75, 3.05) is 43.5 Å². The Morgan fingerprint density at radius 3 is 2.33 bits per heavy atom. The Labute approximate surface area is 241 Å². The molecule has 2 aliphatic heterocycles. The van der Waals surface area contributed by atoms with Crippen molar-refractivity contribution in [3.63, 3.8) is 0 Å². The Morgan fingerprint density at radius 1 is 1.12 bits per heavy atom. The van der Waals surface area contributed by atoms with Gasteiger partial charge in [0.1, 0.15) is 18.0 Å². The summed E-state index contributed by atoms with van der Waals surface area (Å²) in [5.41, 5.74) is 1.27. The third-order valence-corrected chi connectivity index (χ3v) is 6.60. The lowest BCUT2D eigenvalue weighted by Crippen LogP contribution is -2.43. The summed E-state index contributed by atoms with van der Waals surface area (Å²) in [5, 5.41) is 9.83. The van der Waals surface area contributed by atoms with Gasteiger partial charge >= 0.3 is 12.1 Å². The van der Waals surface area contributed by atoms with E-state index >= 15 is 0 Å². The number of nitrogens with one attached hydrogen (secondary N) is 1. The number of aliphatic carboxylic acids is 1. The number of alkyl halides is 5. The van der Waals surface area contributed by atoms with Gasteiger partial charge in [0.25, 0.3) is 12.3 Å². The zero-order valence-electron chi connectivity index (χ0n) is 23.1. The van der Waals surface area contributed by atoms with Crippen LogP contribution in [0.4, 0.5) is 42.4 Å². The molecule has 43 heavy (non-hydrogen) atoms. The number of methoxy groups -OCH3 is 1. The monoisotopic (exact) mass is 625 g/mol. The molecule has 1 aromatic carbocycles. The molecule has 2 aliphatic rings. The van der Waals surface area contributed by atoms with Crippen LogP contribution in [0.15, 0.2) is 18.2 Å². The molecule has 0 radical (unpaired) electrons. The van der Waals surface area contributed by atoms with Crippen LogP contribution in [0.3, 0.4) is 0 Å². The Morgan fingerprint density at radius 2 is 1.77 bits per heavy atom. The molecule has 0 unspecified atom stereocenters. The number of ether oxygens (including phenoxy) is 2. The lowest BCUT2D eigenvalue weighted by Gasteiger charge is -2.35. The first-order valence-corrected chi connectivity index (χ1v) is 13.1. The zero-order chi connectivity index (χ0) is 31.9. The summed E-state index contributed by atoms with van der Waals surface area (Å²) >= 11 is 0. The first-order chi connectivity index (χ1) is 20.2. The van der Waals surface area contributed by atoms with Gasteiger partial charge < -0.3 is 29.7 Å². The number of rotatable bonds is 8. The molecular formula is C26H30F7N5O5. The Kier molecular flexibility index (Phi) is 11.4. The van der Waals surface area contributed by atoms with E-state index in [4.69, 9.17) is 24.4 Å². The molecule has 0 spiro atoms. The van der Waals surface area contributed by atoms with Gasteiger partial charge in [0.2, 0.25) is 0 Å². The fourth-order valence-electron chi connectivity index (χ4n) is 4.32. The quantitative estimate of drug-likeness (QED) is 0.420. The average molecular weight is 626 g/mol. The summed E-state index contributed by atoms with van der Waals surface area (Å²) in [6.07, 6.45) is -7.06.